The van der Waals surface area contributed by atoms with Crippen LogP contribution in [0.3, 0.4) is 0 Å². The van der Waals surface area contributed by atoms with E-state index in [2.05, 4.69) is 13.0 Å². The first-order chi connectivity index (χ1) is 9.58. The van der Waals surface area contributed by atoms with Crippen molar-refractivity contribution >= 4 is 18.0 Å². The number of fused-ring (bicyclic) bond motifs is 1. The van der Waals surface area contributed by atoms with E-state index in [-0.39, 0.29) is 29.6 Å². The Kier molecular flexibility index (Phi) is 4.73. The van der Waals surface area contributed by atoms with Crippen LogP contribution in [0.2, 0.25) is 0 Å². The van der Waals surface area contributed by atoms with Gasteiger partial charge in [-0.25, -0.2) is 9.37 Å². The van der Waals surface area contributed by atoms with Gasteiger partial charge in [0.15, 0.2) is 18.5 Å². The van der Waals surface area contributed by atoms with Crippen molar-refractivity contribution in [2.75, 3.05) is 13.2 Å². The second kappa shape index (κ2) is 6.33. The quantitative estimate of drug-likeness (QED) is 0.551. The molecule has 0 amide bonds. The Balaban J connectivity index is 2.00. The largest absolute Gasteiger partial charge is 0.461 e. The molecular weight excluding hydrogens is 254 g/mol. The first kappa shape index (κ1) is 14.9. The molecular formula is C16H24NO3+. The molecule has 0 bridgehead atoms. The first-order valence-electron chi connectivity index (χ1n) is 7.60. The first-order valence-corrected chi connectivity index (χ1v) is 7.60. The van der Waals surface area contributed by atoms with Gasteiger partial charge in [-0.15, -0.1) is 0 Å². The number of rotatable bonds is 6. The summed E-state index contributed by atoms with van der Waals surface area (Å²) in [6, 6.07) is -0.305. The molecule has 0 fully saturated rings. The van der Waals surface area contributed by atoms with Gasteiger partial charge in [0.1, 0.15) is 5.92 Å². The average molecular weight is 278 g/mol. The Morgan fingerprint density at radius 3 is 2.85 bits per heavy atom. The van der Waals surface area contributed by atoms with Gasteiger partial charge in [-0.1, -0.05) is 19.4 Å². The molecule has 4 nitrogen and oxygen atoms in total. The normalized spacial score (nSPS) is 26.1. The van der Waals surface area contributed by atoms with E-state index < -0.39 is 0 Å². The molecule has 0 N–H and O–H groups in total. The predicted octanol–water partition coefficient (Wildman–Crippen LogP) is 1.97. The summed E-state index contributed by atoms with van der Waals surface area (Å²) in [6.07, 6.45) is 7.13. The Hall–Kier alpha value is -1.45. The number of ketones is 1. The minimum atomic E-state index is -0.305. The lowest BCUT2D eigenvalue weighted by Gasteiger charge is -2.08. The molecule has 1 aliphatic carbocycles. The van der Waals surface area contributed by atoms with Crippen LogP contribution in [-0.4, -0.2) is 41.7 Å². The van der Waals surface area contributed by atoms with E-state index in [1.165, 1.54) is 0 Å². The maximum atomic E-state index is 12.3. The van der Waals surface area contributed by atoms with E-state index in [4.69, 9.17) is 4.74 Å². The molecule has 0 saturated heterocycles. The van der Waals surface area contributed by atoms with Crippen molar-refractivity contribution in [3.63, 3.8) is 0 Å². The molecule has 2 rings (SSSR count). The van der Waals surface area contributed by atoms with Crippen LogP contribution in [0, 0.1) is 11.8 Å². The lowest BCUT2D eigenvalue weighted by Crippen LogP contribution is -2.33. The van der Waals surface area contributed by atoms with E-state index in [0.29, 0.717) is 6.61 Å². The highest BCUT2D eigenvalue weighted by atomic mass is 16.5. The van der Waals surface area contributed by atoms with Gasteiger partial charge in [-0.05, 0) is 25.3 Å². The second-order valence-electron chi connectivity index (χ2n) is 5.62. The van der Waals surface area contributed by atoms with Crippen molar-refractivity contribution in [2.45, 2.75) is 46.1 Å². The Labute approximate surface area is 120 Å². The summed E-state index contributed by atoms with van der Waals surface area (Å²) in [6.45, 7) is 6.91. The zero-order chi connectivity index (χ0) is 14.7. The van der Waals surface area contributed by atoms with Crippen LogP contribution in [0.4, 0.5) is 0 Å². The molecule has 2 aliphatic rings. The summed E-state index contributed by atoms with van der Waals surface area (Å²) in [7, 11) is 0. The number of ether oxygens (including phenoxy) is 1. The van der Waals surface area contributed by atoms with Crippen molar-refractivity contribution in [1.82, 2.24) is 0 Å². The molecule has 110 valence electrons. The fourth-order valence-corrected chi connectivity index (χ4v) is 2.97. The number of esters is 1. The topological polar surface area (TPSA) is 46.4 Å². The number of nitrogens with zero attached hydrogens (tertiary/aromatic N) is 1. The van der Waals surface area contributed by atoms with Crippen LogP contribution in [0.15, 0.2) is 11.6 Å². The van der Waals surface area contributed by atoms with Gasteiger partial charge in [-0.3, -0.25) is 4.79 Å². The number of hydrogen-bond donors (Lipinski definition) is 0. The molecule has 0 unspecified atom stereocenters. The number of allylic oxidation sites excluding steroid dienone is 1. The zero-order valence-electron chi connectivity index (χ0n) is 12.6. The third-order valence-electron chi connectivity index (χ3n) is 4.19. The minimum absolute atomic E-state index is 0.0567. The van der Waals surface area contributed by atoms with Gasteiger partial charge < -0.3 is 4.74 Å². The van der Waals surface area contributed by atoms with E-state index in [9.17, 15) is 9.59 Å². The highest BCUT2D eigenvalue weighted by Gasteiger charge is 2.45. The van der Waals surface area contributed by atoms with Crippen molar-refractivity contribution in [2.24, 2.45) is 11.8 Å². The van der Waals surface area contributed by atoms with Crippen LogP contribution < -0.4 is 0 Å². The van der Waals surface area contributed by atoms with Crippen LogP contribution in [0.25, 0.3) is 0 Å². The molecule has 1 aliphatic heterocycles. The summed E-state index contributed by atoms with van der Waals surface area (Å²) in [5.41, 5.74) is 0.988. The van der Waals surface area contributed by atoms with Crippen LogP contribution in [0.5, 0.6) is 0 Å². The van der Waals surface area contributed by atoms with Crippen molar-refractivity contribution in [3.8, 4) is 0 Å². The van der Waals surface area contributed by atoms with Gasteiger partial charge >= 0.3 is 5.97 Å². The molecule has 0 aromatic carbocycles. The van der Waals surface area contributed by atoms with E-state index >= 15 is 0 Å². The second-order valence-corrected chi connectivity index (χ2v) is 5.62. The fraction of sp³-hybridized carbons (Fsp3) is 0.688. The van der Waals surface area contributed by atoms with Gasteiger partial charge in [0.05, 0.1) is 12.5 Å². The molecule has 0 radical (unpaired) electrons. The number of hydrogen-bond acceptors (Lipinski definition) is 3. The fourth-order valence-electron chi connectivity index (χ4n) is 2.97. The lowest BCUT2D eigenvalue weighted by atomic mass is 9.98. The maximum Gasteiger partial charge on any atom is 0.375 e. The predicted molar refractivity (Wildman–Crippen MR) is 76.9 cm³/mol. The zero-order valence-corrected chi connectivity index (χ0v) is 12.6. The standard InChI is InChI=1S/C16H24NO3/c1-4-6-7-12-8-13-9-17(10-14(13)15(12)18)11(3)16(19)20-5-2/h8,10-11,13-14H,4-7,9H2,1-3H3/q+1/t11-,13-,14+/m1/s1. The molecule has 0 aromatic heterocycles. The van der Waals surface area contributed by atoms with Crippen molar-refractivity contribution < 1.29 is 18.9 Å². The molecule has 0 aromatic rings. The molecule has 1 heterocycles. The molecule has 20 heavy (non-hydrogen) atoms. The number of unbranched alkanes of at least 4 members (excludes halogenated alkanes) is 1. The Bertz CT molecular complexity index is 464. The van der Waals surface area contributed by atoms with Crippen LogP contribution in [0.1, 0.15) is 40.0 Å². The lowest BCUT2D eigenvalue weighted by molar-refractivity contribution is -0.543. The molecule has 0 spiro atoms. The monoisotopic (exact) mass is 278 g/mol. The summed E-state index contributed by atoms with van der Waals surface area (Å²) in [4.78, 5) is 24.1. The third kappa shape index (κ3) is 2.84. The average Bonchev–Trinajstić information content (AvgIpc) is 2.96. The van der Waals surface area contributed by atoms with Gasteiger partial charge in [0.2, 0.25) is 6.04 Å². The van der Waals surface area contributed by atoms with E-state index in [0.717, 1.165) is 31.4 Å². The van der Waals surface area contributed by atoms with E-state index in [1.54, 1.807) is 6.92 Å². The minimum Gasteiger partial charge on any atom is -0.461 e. The number of Topliss-reactive ketones (excluding diaryl/α,β-unsaturated/α-hetero) is 1. The van der Waals surface area contributed by atoms with Gasteiger partial charge in [0, 0.05) is 6.92 Å². The highest BCUT2D eigenvalue weighted by Crippen LogP contribution is 2.32. The Morgan fingerprint density at radius 2 is 2.25 bits per heavy atom. The molecule has 0 saturated carbocycles. The van der Waals surface area contributed by atoms with E-state index in [1.807, 2.05) is 17.7 Å². The van der Waals surface area contributed by atoms with Crippen LogP contribution >= 0.6 is 0 Å². The number of carbonyl (C=O) groups excluding carboxylic acids is 2. The third-order valence-corrected chi connectivity index (χ3v) is 4.19. The summed E-state index contributed by atoms with van der Waals surface area (Å²) in [5, 5.41) is 0. The number of carbonyl (C=O) groups is 2. The molecule has 4 heteroatoms. The summed E-state index contributed by atoms with van der Waals surface area (Å²) >= 11 is 0. The van der Waals surface area contributed by atoms with Gasteiger partial charge in [-0.2, -0.15) is 0 Å². The summed E-state index contributed by atoms with van der Waals surface area (Å²) in [5.74, 6) is 0.221. The van der Waals surface area contributed by atoms with Crippen molar-refractivity contribution in [3.05, 3.63) is 11.6 Å². The van der Waals surface area contributed by atoms with Gasteiger partial charge in [0.25, 0.3) is 0 Å². The maximum absolute atomic E-state index is 12.3. The van der Waals surface area contributed by atoms with Crippen molar-refractivity contribution in [1.29, 1.82) is 0 Å². The van der Waals surface area contributed by atoms with Crippen LogP contribution in [-0.2, 0) is 14.3 Å². The molecule has 3 atom stereocenters. The smallest absolute Gasteiger partial charge is 0.375 e. The Morgan fingerprint density at radius 1 is 1.50 bits per heavy atom. The highest BCUT2D eigenvalue weighted by molar-refractivity contribution is 6.08. The SMILES string of the molecule is CCCCC1=C[C@@H]2C[N+]([C@H](C)C(=O)OCC)=C[C@@H]2C1=O. The summed E-state index contributed by atoms with van der Waals surface area (Å²) < 4.78 is 7.00.